The van der Waals surface area contributed by atoms with Gasteiger partial charge in [0, 0.05) is 22.7 Å². The average Bonchev–Trinajstić information content (AvgIpc) is 3.41. The van der Waals surface area contributed by atoms with Crippen molar-refractivity contribution in [1.82, 2.24) is 14.8 Å². The number of likely N-dealkylation sites (tertiary alicyclic amines) is 1. The molecule has 32 heavy (non-hydrogen) atoms. The highest BCUT2D eigenvalue weighted by molar-refractivity contribution is 7.10. The number of thiophene rings is 1. The fourth-order valence-corrected chi connectivity index (χ4v) is 4.90. The lowest BCUT2D eigenvalue weighted by Gasteiger charge is -2.24. The molecule has 8 nitrogen and oxygen atoms in total. The van der Waals surface area contributed by atoms with Gasteiger partial charge in [-0.2, -0.15) is 0 Å². The smallest absolute Gasteiger partial charge is 0.355 e. The topological polar surface area (TPSA) is 103 Å². The van der Waals surface area contributed by atoms with Gasteiger partial charge in [-0.1, -0.05) is 6.07 Å². The predicted molar refractivity (Wildman–Crippen MR) is 123 cm³/mol. The summed E-state index contributed by atoms with van der Waals surface area (Å²) in [7, 11) is 3.90. The molecule has 1 unspecified atom stereocenters. The van der Waals surface area contributed by atoms with Gasteiger partial charge in [-0.3, -0.25) is 9.59 Å². The second-order valence-electron chi connectivity index (χ2n) is 8.01. The standard InChI is InChI=1S/C23H29N3O5S/c1-6-31-23(30)18-13(2)16(14(3)24-18)20(27)17-19(15-9-7-12-32-15)26(22(29)21(17)28)11-8-10-25(4)5/h7,9,12,19,24,27H,6,8,10-11H2,1-5H3/b20-17-. The lowest BCUT2D eigenvalue weighted by atomic mass is 9.97. The second kappa shape index (κ2) is 9.70. The van der Waals surface area contributed by atoms with Crippen molar-refractivity contribution in [2.24, 2.45) is 0 Å². The quantitative estimate of drug-likeness (QED) is 0.272. The number of esters is 1. The van der Waals surface area contributed by atoms with Gasteiger partial charge in [-0.25, -0.2) is 4.79 Å². The van der Waals surface area contributed by atoms with Crippen molar-refractivity contribution in [2.75, 3.05) is 33.8 Å². The molecule has 2 aromatic rings. The molecule has 9 heteroatoms. The Hall–Kier alpha value is -2.91. The molecule has 1 amide bonds. The number of aliphatic hydroxyl groups excluding tert-OH is 1. The summed E-state index contributed by atoms with van der Waals surface area (Å²) in [6.45, 7) is 6.47. The normalized spacial score (nSPS) is 18.1. The number of Topliss-reactive ketones (excluding diaryl/α,β-unsaturated/α-hetero) is 1. The van der Waals surface area contributed by atoms with Crippen molar-refractivity contribution in [3.05, 3.63) is 50.5 Å². The number of nitrogens with one attached hydrogen (secondary N) is 1. The zero-order valence-electron chi connectivity index (χ0n) is 19.0. The predicted octanol–water partition coefficient (Wildman–Crippen LogP) is 3.24. The molecule has 2 aromatic heterocycles. The van der Waals surface area contributed by atoms with Crippen LogP contribution in [0.3, 0.4) is 0 Å². The molecule has 0 bridgehead atoms. The average molecular weight is 460 g/mol. The molecule has 1 atom stereocenters. The minimum absolute atomic E-state index is 0.0444. The summed E-state index contributed by atoms with van der Waals surface area (Å²) in [5.41, 5.74) is 1.61. The Labute approximate surface area is 191 Å². The molecule has 0 radical (unpaired) electrons. The minimum Gasteiger partial charge on any atom is -0.507 e. The summed E-state index contributed by atoms with van der Waals surface area (Å²) in [4.78, 5) is 45.6. The van der Waals surface area contributed by atoms with Gasteiger partial charge in [0.05, 0.1) is 18.2 Å². The fraction of sp³-hybridized carbons (Fsp3) is 0.435. The largest absolute Gasteiger partial charge is 0.507 e. The number of hydrogen-bond donors (Lipinski definition) is 2. The van der Waals surface area contributed by atoms with Crippen molar-refractivity contribution < 1.29 is 24.2 Å². The van der Waals surface area contributed by atoms with E-state index in [2.05, 4.69) is 4.98 Å². The maximum absolute atomic E-state index is 13.1. The van der Waals surface area contributed by atoms with E-state index in [0.29, 0.717) is 29.8 Å². The number of ketones is 1. The first-order chi connectivity index (χ1) is 15.2. The molecular formula is C23H29N3O5S. The zero-order valence-corrected chi connectivity index (χ0v) is 19.8. The number of nitrogens with zero attached hydrogens (tertiary/aromatic N) is 2. The summed E-state index contributed by atoms with van der Waals surface area (Å²) in [5.74, 6) is -2.16. The Morgan fingerprint density at radius 2 is 2.03 bits per heavy atom. The maximum atomic E-state index is 13.1. The Bertz CT molecular complexity index is 1050. The molecule has 1 saturated heterocycles. The highest BCUT2D eigenvalue weighted by atomic mass is 32.1. The van der Waals surface area contributed by atoms with Gasteiger partial charge in [-0.05, 0) is 64.8 Å². The Balaban J connectivity index is 2.10. The van der Waals surface area contributed by atoms with Crippen LogP contribution in [0.5, 0.6) is 0 Å². The number of carbonyl (C=O) groups excluding carboxylic acids is 3. The van der Waals surface area contributed by atoms with E-state index in [-0.39, 0.29) is 23.6 Å². The van der Waals surface area contributed by atoms with Crippen molar-refractivity contribution in [3.63, 3.8) is 0 Å². The lowest BCUT2D eigenvalue weighted by Crippen LogP contribution is -2.32. The number of aromatic nitrogens is 1. The molecule has 3 heterocycles. The van der Waals surface area contributed by atoms with E-state index in [0.717, 1.165) is 11.4 Å². The van der Waals surface area contributed by atoms with Crippen molar-refractivity contribution in [2.45, 2.75) is 33.2 Å². The van der Waals surface area contributed by atoms with Gasteiger partial charge in [0.1, 0.15) is 11.5 Å². The van der Waals surface area contributed by atoms with E-state index in [1.165, 1.54) is 16.2 Å². The van der Waals surface area contributed by atoms with E-state index in [4.69, 9.17) is 4.74 Å². The number of H-pyrrole nitrogens is 1. The van der Waals surface area contributed by atoms with E-state index >= 15 is 0 Å². The van der Waals surface area contributed by atoms with Gasteiger partial charge in [0.25, 0.3) is 11.7 Å². The van der Waals surface area contributed by atoms with Crippen LogP contribution in [-0.2, 0) is 14.3 Å². The number of carbonyl (C=O) groups is 3. The van der Waals surface area contributed by atoms with Crippen LogP contribution in [0, 0.1) is 13.8 Å². The van der Waals surface area contributed by atoms with Gasteiger partial charge >= 0.3 is 5.97 Å². The number of aryl methyl sites for hydroxylation is 1. The molecule has 1 aliphatic rings. The third-order valence-corrected chi connectivity index (χ3v) is 6.44. The SMILES string of the molecule is CCOC(=O)c1[nH]c(C)c(/C(O)=C2/C(=O)C(=O)N(CCCN(C)C)C2c2cccs2)c1C. The van der Waals surface area contributed by atoms with Crippen LogP contribution in [0.2, 0.25) is 0 Å². The van der Waals surface area contributed by atoms with Gasteiger partial charge < -0.3 is 24.6 Å². The molecule has 0 saturated carbocycles. The third kappa shape index (κ3) is 4.35. The van der Waals surface area contributed by atoms with Crippen LogP contribution in [0.25, 0.3) is 5.76 Å². The number of aliphatic hydroxyl groups is 1. The van der Waals surface area contributed by atoms with E-state index < -0.39 is 23.7 Å². The molecule has 0 aliphatic carbocycles. The number of ether oxygens (including phenoxy) is 1. The molecule has 3 rings (SSSR count). The highest BCUT2D eigenvalue weighted by Crippen LogP contribution is 2.42. The number of rotatable bonds is 8. The van der Waals surface area contributed by atoms with Crippen LogP contribution in [0.1, 0.15) is 51.6 Å². The number of aromatic amines is 1. The maximum Gasteiger partial charge on any atom is 0.355 e. The first-order valence-electron chi connectivity index (χ1n) is 10.5. The molecule has 172 valence electrons. The Morgan fingerprint density at radius 3 is 2.62 bits per heavy atom. The first-order valence-corrected chi connectivity index (χ1v) is 11.4. The molecular weight excluding hydrogens is 430 g/mol. The summed E-state index contributed by atoms with van der Waals surface area (Å²) >= 11 is 1.43. The minimum atomic E-state index is -0.719. The molecule has 1 aliphatic heterocycles. The van der Waals surface area contributed by atoms with E-state index in [9.17, 15) is 19.5 Å². The Kier molecular flexibility index (Phi) is 7.20. The van der Waals surface area contributed by atoms with Crippen molar-refractivity contribution >= 4 is 34.8 Å². The summed E-state index contributed by atoms with van der Waals surface area (Å²) < 4.78 is 5.08. The molecule has 2 N–H and O–H groups in total. The highest BCUT2D eigenvalue weighted by Gasteiger charge is 2.46. The van der Waals surface area contributed by atoms with Crippen LogP contribution < -0.4 is 0 Å². The summed E-state index contributed by atoms with van der Waals surface area (Å²) in [6.07, 6.45) is 0.692. The number of amides is 1. The van der Waals surface area contributed by atoms with Gasteiger partial charge in [0.15, 0.2) is 0 Å². The first kappa shape index (κ1) is 23.7. The molecule has 1 fully saturated rings. The Morgan fingerprint density at radius 1 is 1.31 bits per heavy atom. The zero-order chi connectivity index (χ0) is 23.6. The van der Waals surface area contributed by atoms with Crippen molar-refractivity contribution in [3.8, 4) is 0 Å². The van der Waals surface area contributed by atoms with Gasteiger partial charge in [-0.15, -0.1) is 11.3 Å². The van der Waals surface area contributed by atoms with E-state index in [1.807, 2.05) is 36.5 Å². The van der Waals surface area contributed by atoms with Crippen LogP contribution in [0.15, 0.2) is 23.1 Å². The van der Waals surface area contributed by atoms with Crippen LogP contribution >= 0.6 is 11.3 Å². The van der Waals surface area contributed by atoms with Crippen molar-refractivity contribution in [1.29, 1.82) is 0 Å². The summed E-state index contributed by atoms with van der Waals surface area (Å²) in [6, 6.07) is 3.04. The molecule has 0 aromatic carbocycles. The summed E-state index contributed by atoms with van der Waals surface area (Å²) in [5, 5.41) is 13.2. The lowest BCUT2D eigenvalue weighted by molar-refractivity contribution is -0.139. The monoisotopic (exact) mass is 459 g/mol. The van der Waals surface area contributed by atoms with Crippen LogP contribution in [-0.4, -0.2) is 71.3 Å². The second-order valence-corrected chi connectivity index (χ2v) is 8.99. The number of hydrogen-bond acceptors (Lipinski definition) is 7. The van der Waals surface area contributed by atoms with Gasteiger partial charge in [0.2, 0.25) is 0 Å². The van der Waals surface area contributed by atoms with Crippen LogP contribution in [0.4, 0.5) is 0 Å². The molecule has 0 spiro atoms. The fourth-order valence-electron chi connectivity index (χ4n) is 4.06. The third-order valence-electron chi connectivity index (χ3n) is 5.51. The van der Waals surface area contributed by atoms with E-state index in [1.54, 1.807) is 20.8 Å².